The number of rotatable bonds is 4. The molecular weight excluding hydrogens is 272 g/mol. The Morgan fingerprint density at radius 3 is 2.20 bits per heavy atom. The third-order valence-corrected chi connectivity index (χ3v) is 2.77. The smallest absolute Gasteiger partial charge is 0.206 e. The quantitative estimate of drug-likeness (QED) is 0.619. The zero-order chi connectivity index (χ0) is 15.4. The highest BCUT2D eigenvalue weighted by Gasteiger charge is 2.35. The Kier molecular flexibility index (Phi) is 4.52. The van der Waals surface area contributed by atoms with Gasteiger partial charge in [0.15, 0.2) is 5.41 Å². The molecule has 6 heteroatoms. The molecule has 0 spiro atoms. The van der Waals surface area contributed by atoms with Crippen LogP contribution in [0.4, 0.5) is 17.6 Å². The van der Waals surface area contributed by atoms with E-state index in [4.69, 9.17) is 10.5 Å². The van der Waals surface area contributed by atoms with Crippen LogP contribution in [0.5, 0.6) is 0 Å². The van der Waals surface area contributed by atoms with E-state index in [2.05, 4.69) is 6.58 Å². The Labute approximate surface area is 113 Å². The van der Waals surface area contributed by atoms with Gasteiger partial charge in [-0.05, 0) is 24.1 Å². The highest BCUT2D eigenvalue weighted by molar-refractivity contribution is 5.30. The molecular formula is C14H10F4N2. The van der Waals surface area contributed by atoms with Crippen LogP contribution in [0.1, 0.15) is 17.5 Å². The molecule has 0 fully saturated rings. The molecule has 0 saturated carbocycles. The maximum absolute atomic E-state index is 13.4. The van der Waals surface area contributed by atoms with Crippen LogP contribution in [0.15, 0.2) is 30.9 Å². The van der Waals surface area contributed by atoms with Gasteiger partial charge in [0.25, 0.3) is 0 Å². The average Bonchev–Trinajstić information content (AvgIpc) is 2.36. The fourth-order valence-electron chi connectivity index (χ4n) is 1.76. The molecule has 0 unspecified atom stereocenters. The molecule has 0 heterocycles. The summed E-state index contributed by atoms with van der Waals surface area (Å²) in [5, 5.41) is 18.1. The first-order chi connectivity index (χ1) is 9.28. The summed E-state index contributed by atoms with van der Waals surface area (Å²) in [4.78, 5) is 0. The molecule has 0 aromatic heterocycles. The standard InChI is InChI=1S/C14H10F4N2/c1-2-5-13(8-19,9-20)7-10-3-4-11(12(15)6-10)14(16,17)18/h2-4,6H,1,5,7H2. The van der Waals surface area contributed by atoms with E-state index in [0.29, 0.717) is 12.1 Å². The van der Waals surface area contributed by atoms with Gasteiger partial charge < -0.3 is 0 Å². The van der Waals surface area contributed by atoms with Gasteiger partial charge in [0.1, 0.15) is 5.82 Å². The molecule has 1 aromatic carbocycles. The first kappa shape index (κ1) is 15.7. The van der Waals surface area contributed by atoms with Crippen LogP contribution in [0.2, 0.25) is 0 Å². The van der Waals surface area contributed by atoms with Crippen molar-refractivity contribution in [3.05, 3.63) is 47.8 Å². The van der Waals surface area contributed by atoms with Crippen LogP contribution in [0.3, 0.4) is 0 Å². The monoisotopic (exact) mass is 282 g/mol. The number of benzene rings is 1. The number of allylic oxidation sites excluding steroid dienone is 1. The molecule has 0 atom stereocenters. The van der Waals surface area contributed by atoms with Gasteiger partial charge in [-0.2, -0.15) is 23.7 Å². The number of hydrogen-bond donors (Lipinski definition) is 0. The molecule has 0 bridgehead atoms. The maximum Gasteiger partial charge on any atom is 0.419 e. The fraction of sp³-hybridized carbons (Fsp3) is 0.286. The molecule has 1 aromatic rings. The van der Waals surface area contributed by atoms with Crippen molar-refractivity contribution in [1.29, 1.82) is 10.5 Å². The van der Waals surface area contributed by atoms with Gasteiger partial charge in [-0.3, -0.25) is 0 Å². The Morgan fingerprint density at radius 2 is 1.80 bits per heavy atom. The van der Waals surface area contributed by atoms with Crippen LogP contribution < -0.4 is 0 Å². The van der Waals surface area contributed by atoms with Crippen molar-refractivity contribution in [1.82, 2.24) is 0 Å². The first-order valence-corrected chi connectivity index (χ1v) is 5.57. The zero-order valence-corrected chi connectivity index (χ0v) is 10.3. The van der Waals surface area contributed by atoms with Gasteiger partial charge in [-0.25, -0.2) is 4.39 Å². The summed E-state index contributed by atoms with van der Waals surface area (Å²) < 4.78 is 50.6. The van der Waals surface area contributed by atoms with E-state index >= 15 is 0 Å². The molecule has 0 radical (unpaired) electrons. The number of alkyl halides is 3. The Morgan fingerprint density at radius 1 is 1.20 bits per heavy atom. The lowest BCUT2D eigenvalue weighted by Gasteiger charge is -2.17. The molecule has 0 amide bonds. The minimum absolute atomic E-state index is 0.0443. The van der Waals surface area contributed by atoms with E-state index in [0.717, 1.165) is 6.07 Å². The molecule has 0 N–H and O–H groups in total. The topological polar surface area (TPSA) is 47.6 Å². The van der Waals surface area contributed by atoms with Crippen molar-refractivity contribution < 1.29 is 17.6 Å². The molecule has 0 aliphatic rings. The third kappa shape index (κ3) is 3.36. The lowest BCUT2D eigenvalue weighted by molar-refractivity contribution is -0.140. The summed E-state index contributed by atoms with van der Waals surface area (Å²) in [6.07, 6.45) is -3.53. The summed E-state index contributed by atoms with van der Waals surface area (Å²) in [5.41, 5.74) is -2.67. The van der Waals surface area contributed by atoms with Gasteiger partial charge in [-0.1, -0.05) is 12.1 Å². The van der Waals surface area contributed by atoms with Gasteiger partial charge in [0.05, 0.1) is 17.7 Å². The summed E-state index contributed by atoms with van der Waals surface area (Å²) in [6.45, 7) is 3.42. The predicted octanol–water partition coefficient (Wildman–Crippen LogP) is 4.00. The number of hydrogen-bond acceptors (Lipinski definition) is 2. The predicted molar refractivity (Wildman–Crippen MR) is 63.6 cm³/mol. The number of nitrogens with zero attached hydrogens (tertiary/aromatic N) is 2. The second kappa shape index (κ2) is 5.75. The van der Waals surface area contributed by atoms with Gasteiger partial charge in [-0.15, -0.1) is 6.58 Å². The van der Waals surface area contributed by atoms with E-state index in [-0.39, 0.29) is 18.4 Å². The second-order valence-electron chi connectivity index (χ2n) is 4.29. The van der Waals surface area contributed by atoms with E-state index < -0.39 is 23.0 Å². The highest BCUT2D eigenvalue weighted by atomic mass is 19.4. The minimum Gasteiger partial charge on any atom is -0.206 e. The SMILES string of the molecule is C=CCC(C#N)(C#N)Cc1ccc(C(F)(F)F)c(F)c1. The maximum atomic E-state index is 13.4. The van der Waals surface area contributed by atoms with E-state index in [1.807, 2.05) is 0 Å². The minimum atomic E-state index is -4.77. The molecule has 1 rings (SSSR count). The van der Waals surface area contributed by atoms with Gasteiger partial charge in [0, 0.05) is 6.42 Å². The Hall–Kier alpha value is -2.34. The largest absolute Gasteiger partial charge is 0.419 e. The number of halogens is 4. The summed E-state index contributed by atoms with van der Waals surface area (Å²) in [5.74, 6) is -1.42. The van der Waals surface area contributed by atoms with E-state index in [9.17, 15) is 17.6 Å². The van der Waals surface area contributed by atoms with E-state index in [1.165, 1.54) is 6.08 Å². The molecule has 2 nitrogen and oxygen atoms in total. The van der Waals surface area contributed by atoms with Crippen LogP contribution in [0, 0.1) is 33.9 Å². The first-order valence-electron chi connectivity index (χ1n) is 5.57. The fourth-order valence-corrected chi connectivity index (χ4v) is 1.76. The van der Waals surface area contributed by atoms with Crippen molar-refractivity contribution in [3.63, 3.8) is 0 Å². The van der Waals surface area contributed by atoms with Gasteiger partial charge in [0.2, 0.25) is 0 Å². The van der Waals surface area contributed by atoms with Crippen molar-refractivity contribution in [2.24, 2.45) is 5.41 Å². The lowest BCUT2D eigenvalue weighted by Crippen LogP contribution is -2.19. The summed E-state index contributed by atoms with van der Waals surface area (Å²) in [6, 6.07) is 5.98. The van der Waals surface area contributed by atoms with Crippen molar-refractivity contribution in [2.75, 3.05) is 0 Å². The molecule has 104 valence electrons. The second-order valence-corrected chi connectivity index (χ2v) is 4.29. The lowest BCUT2D eigenvalue weighted by atomic mass is 9.81. The summed E-state index contributed by atoms with van der Waals surface area (Å²) >= 11 is 0. The Bertz CT molecular complexity index is 577. The Balaban J connectivity index is 3.12. The van der Waals surface area contributed by atoms with Gasteiger partial charge >= 0.3 is 6.18 Å². The average molecular weight is 282 g/mol. The normalized spacial score (nSPS) is 11.5. The summed E-state index contributed by atoms with van der Waals surface area (Å²) in [7, 11) is 0. The zero-order valence-electron chi connectivity index (χ0n) is 10.3. The van der Waals surface area contributed by atoms with Crippen LogP contribution in [-0.2, 0) is 12.6 Å². The van der Waals surface area contributed by atoms with E-state index in [1.54, 1.807) is 12.1 Å². The molecule has 0 aliphatic heterocycles. The van der Waals surface area contributed by atoms with Crippen LogP contribution >= 0.6 is 0 Å². The number of nitriles is 2. The van der Waals surface area contributed by atoms with Crippen LogP contribution in [-0.4, -0.2) is 0 Å². The van der Waals surface area contributed by atoms with Crippen molar-refractivity contribution in [2.45, 2.75) is 19.0 Å². The van der Waals surface area contributed by atoms with Crippen molar-refractivity contribution >= 4 is 0 Å². The third-order valence-electron chi connectivity index (χ3n) is 2.77. The van der Waals surface area contributed by atoms with Crippen molar-refractivity contribution in [3.8, 4) is 12.1 Å². The molecule has 0 aliphatic carbocycles. The highest BCUT2D eigenvalue weighted by Crippen LogP contribution is 2.33. The molecule has 0 saturated heterocycles. The molecule has 20 heavy (non-hydrogen) atoms. The van der Waals surface area contributed by atoms with Crippen LogP contribution in [0.25, 0.3) is 0 Å².